The lowest BCUT2D eigenvalue weighted by Gasteiger charge is -2.34. The van der Waals surface area contributed by atoms with Crippen LogP contribution in [0.15, 0.2) is 0 Å². The third-order valence-electron chi connectivity index (χ3n) is 17.0. The fraction of sp³-hybridized carbons (Fsp3) is 0.603. The Morgan fingerprint density at radius 2 is 0.369 bits per heavy atom. The molecule has 0 atom stereocenters. The van der Waals surface area contributed by atoms with Gasteiger partial charge in [0.05, 0.1) is 164 Å². The van der Waals surface area contributed by atoms with Gasteiger partial charge in [-0.25, -0.2) is 119 Å². The second-order valence-corrected chi connectivity index (χ2v) is 26.9. The molecule has 2 aliphatic rings. The molecule has 0 bridgehead atoms. The first-order valence-corrected chi connectivity index (χ1v) is 38.1. The first-order valence-electron chi connectivity index (χ1n) is 38.1. The minimum Gasteiger partial charge on any atom is -0.353 e. The molecular formula is C68H107N27O27. The summed E-state index contributed by atoms with van der Waals surface area (Å²) in [5.74, 6) is -38.7. The van der Waals surface area contributed by atoms with Crippen molar-refractivity contribution < 1.29 is 129 Å². The average Bonchev–Trinajstić information content (AvgIpc) is 0.836. The molecular weight excluding hydrogens is 1630 g/mol. The fourth-order valence-corrected chi connectivity index (χ4v) is 10.6. The monoisotopic (exact) mass is 1730 g/mol. The summed E-state index contributed by atoms with van der Waals surface area (Å²) in [5, 5.41) is 13.9. The summed E-state index contributed by atoms with van der Waals surface area (Å²) in [4.78, 5) is 327. The van der Waals surface area contributed by atoms with E-state index in [0.717, 1.165) is 58.3 Å². The molecule has 2 fully saturated rings. The van der Waals surface area contributed by atoms with Crippen LogP contribution >= 0.6 is 0 Å². The smallest absolute Gasteiger partial charge is 0.234 e. The lowest BCUT2D eigenvalue weighted by molar-refractivity contribution is -0.147. The van der Waals surface area contributed by atoms with E-state index in [4.69, 9.17) is 0 Å². The van der Waals surface area contributed by atoms with Crippen LogP contribution in [0.4, 0.5) is 0 Å². The van der Waals surface area contributed by atoms with E-state index in [1.54, 1.807) is 7.05 Å². The van der Waals surface area contributed by atoms with Crippen LogP contribution in [0.2, 0.25) is 0 Å². The number of hydrazine groups is 11. The van der Waals surface area contributed by atoms with Crippen LogP contribution in [0, 0.1) is 11.8 Å². The molecule has 122 heavy (non-hydrogen) atoms. The molecule has 676 valence electrons. The maximum atomic E-state index is 12.5. The minimum atomic E-state index is -1.84. The second-order valence-electron chi connectivity index (χ2n) is 26.9. The van der Waals surface area contributed by atoms with Gasteiger partial charge in [0, 0.05) is 12.1 Å². The first kappa shape index (κ1) is 107. The van der Waals surface area contributed by atoms with E-state index in [2.05, 4.69) is 146 Å². The van der Waals surface area contributed by atoms with Gasteiger partial charge in [0.2, 0.25) is 151 Å². The first-order chi connectivity index (χ1) is 58.1. The Labute approximate surface area is 695 Å². The lowest BCUT2D eigenvalue weighted by Crippen LogP contribution is -2.55. The van der Waals surface area contributed by atoms with Gasteiger partial charge in [-0.1, -0.05) is 0 Å². The molecule has 0 aromatic heterocycles. The molecule has 54 heteroatoms. The number of likely N-dealkylation sites (N-methyl/N-ethyl adjacent to an activating group) is 1. The van der Waals surface area contributed by atoms with Gasteiger partial charge >= 0.3 is 0 Å². The molecule has 2 aliphatic carbocycles. The van der Waals surface area contributed by atoms with Gasteiger partial charge in [0.1, 0.15) is 12.2 Å². The third-order valence-corrected chi connectivity index (χ3v) is 17.0. The molecule has 0 heterocycles. The predicted molar refractivity (Wildman–Crippen MR) is 411 cm³/mol. The zero-order valence-corrected chi connectivity index (χ0v) is 67.1. The van der Waals surface area contributed by atoms with E-state index < -0.39 is 216 Å². The Hall–Kier alpha value is -10.6. The highest BCUT2D eigenvalue weighted by molar-refractivity contribution is 6.60. The molecule has 0 aromatic rings. The van der Waals surface area contributed by atoms with E-state index in [1.165, 1.54) is 6.42 Å². The van der Waals surface area contributed by atoms with Crippen LogP contribution < -0.4 is 146 Å². The van der Waals surface area contributed by atoms with Gasteiger partial charge in [0.25, 0.3) is 0 Å². The highest BCUT2D eigenvalue weighted by Crippen LogP contribution is 2.35. The number of carbonyl (C=O) groups excluding carboxylic acids is 27. The van der Waals surface area contributed by atoms with E-state index in [9.17, 15) is 129 Å². The Bertz CT molecular complexity index is 3770. The maximum Gasteiger partial charge on any atom is 0.234 e. The van der Waals surface area contributed by atoms with Crippen molar-refractivity contribution >= 4 is 157 Å². The number of ketones is 23. The second kappa shape index (κ2) is 63.3. The SMILES string of the molecule is CNCC(=O)NC1CCC(CC2CCC(NC(=O)CC(=O)NCNNCNNCNNCNNCNNCNNCNNCNNCNNCNNCNNCNC(=O)CC(=O)C(=O)CC(=O)C(=O)CC(=O)C(=O)CC(=O)C(=O)CC(=O)C(=O)CC(=O)C(=O)CC(=O)C(=O)CC(=O)C(=O)CC(=O)C(=O)CC(=O)C(=O)CC(=O)C(=O)CC(C)=O)CC2)CC1. The van der Waals surface area contributed by atoms with Crippen molar-refractivity contribution in [2.24, 2.45) is 11.8 Å². The Morgan fingerprint density at radius 3 is 0.566 bits per heavy atom. The van der Waals surface area contributed by atoms with Crippen LogP contribution in [0.3, 0.4) is 0 Å². The lowest BCUT2D eigenvalue weighted by atomic mass is 9.75. The number of Topliss-reactive ketones (excluding diaryl/α,β-unsaturated/α-hetero) is 23. The van der Waals surface area contributed by atoms with E-state index in [0.29, 0.717) is 71.7 Å². The van der Waals surface area contributed by atoms with Crippen LogP contribution in [-0.4, -0.2) is 262 Å². The standard InChI is InChI=1S/C68H107N27O27/c1-38(96)11-43(97)44(98)13-45(99)46(100)14-47(101)48(102)15-49(103)50(104)16-51(105)52(106)17-53(107)54(108)18-55(109)56(110)19-57(111)58(112)20-59(113)60(114)21-61(115)62(116)22-63(117)64(118)23-65(119)70-26-72-74-28-76-78-30-80-82-32-84-86-34-88-90-36-92-93-37-91-89-35-87-85-33-83-81-31-79-77-29-75-73-27-71-66(120)24-67(121)94-41-7-3-39(4-8-41)12-40-5-9-42(10-6-40)95-68(122)25-69-2/h39-42,69,72-93H,3-37H2,1-2H3,(H,70,119)(H,71,120)(H,94,121)(H,95,122). The zero-order valence-electron chi connectivity index (χ0n) is 67.1. The zero-order chi connectivity index (χ0) is 90.7. The minimum absolute atomic E-state index is 0.0498. The summed E-state index contributed by atoms with van der Waals surface area (Å²) in [6, 6.07) is 0.360. The largest absolute Gasteiger partial charge is 0.353 e. The molecule has 0 spiro atoms. The van der Waals surface area contributed by atoms with Gasteiger partial charge in [-0.05, 0) is 83.6 Å². The fourth-order valence-electron chi connectivity index (χ4n) is 10.6. The topological polar surface area (TPSA) is 786 Å². The molecule has 0 radical (unpaired) electrons. The van der Waals surface area contributed by atoms with E-state index >= 15 is 0 Å². The molecule has 4 amide bonds. The third kappa shape index (κ3) is 50.6. The normalized spacial score (nSPS) is 14.8. The Balaban J connectivity index is 1.38. The summed E-state index contributed by atoms with van der Waals surface area (Å²) < 4.78 is 0. The number of hydrogen-bond acceptors (Lipinski definition) is 50. The van der Waals surface area contributed by atoms with Gasteiger partial charge < -0.3 is 26.6 Å². The summed E-state index contributed by atoms with van der Waals surface area (Å²) in [6.07, 6.45) is -8.50. The van der Waals surface area contributed by atoms with Gasteiger partial charge in [-0.15, -0.1) is 0 Å². The van der Waals surface area contributed by atoms with Crippen LogP contribution in [0.5, 0.6) is 0 Å². The summed E-state index contributed by atoms with van der Waals surface area (Å²) in [5.41, 5.74) is 63.0. The number of carbonyl (C=O) groups is 27. The molecule has 0 unspecified atom stereocenters. The highest BCUT2D eigenvalue weighted by Gasteiger charge is 2.35. The van der Waals surface area contributed by atoms with E-state index in [1.807, 2.05) is 0 Å². The van der Waals surface area contributed by atoms with E-state index in [-0.39, 0.29) is 62.9 Å². The summed E-state index contributed by atoms with van der Waals surface area (Å²) >= 11 is 0. The van der Waals surface area contributed by atoms with Crippen molar-refractivity contribution in [3.63, 3.8) is 0 Å². The molecule has 2 rings (SSSR count). The predicted octanol–water partition coefficient (Wildman–Crippen LogP) is -15.1. The summed E-state index contributed by atoms with van der Waals surface area (Å²) in [7, 11) is 1.76. The molecule has 0 aromatic carbocycles. The molecule has 0 aliphatic heterocycles. The molecule has 0 saturated heterocycles. The quantitative estimate of drug-likeness (QED) is 0.00884. The van der Waals surface area contributed by atoms with Gasteiger partial charge in [-0.3, -0.25) is 129 Å². The van der Waals surface area contributed by atoms with Crippen molar-refractivity contribution in [3.05, 3.63) is 0 Å². The number of nitrogens with one attached hydrogen (secondary N) is 27. The number of rotatable bonds is 78. The van der Waals surface area contributed by atoms with Crippen molar-refractivity contribution in [2.45, 2.75) is 160 Å². The van der Waals surface area contributed by atoms with Crippen LogP contribution in [0.25, 0.3) is 0 Å². The number of hydrogen-bond donors (Lipinski definition) is 27. The molecule has 27 N–H and O–H groups in total. The summed E-state index contributed by atoms with van der Waals surface area (Å²) in [6.45, 7) is 4.27. The van der Waals surface area contributed by atoms with Crippen molar-refractivity contribution in [1.82, 2.24) is 146 Å². The average molecular weight is 1730 g/mol. The van der Waals surface area contributed by atoms with Crippen molar-refractivity contribution in [1.29, 1.82) is 0 Å². The Morgan fingerprint density at radius 1 is 0.197 bits per heavy atom. The van der Waals surface area contributed by atoms with Crippen LogP contribution in [-0.2, 0) is 129 Å². The van der Waals surface area contributed by atoms with Crippen LogP contribution in [0.1, 0.15) is 148 Å². The maximum absolute atomic E-state index is 12.5. The molecule has 54 nitrogen and oxygen atoms in total. The number of amides is 4. The molecule has 2 saturated carbocycles. The van der Waals surface area contributed by atoms with Crippen molar-refractivity contribution in [2.75, 3.05) is 93.6 Å². The highest BCUT2D eigenvalue weighted by atomic mass is 16.2. The van der Waals surface area contributed by atoms with Gasteiger partial charge in [0.15, 0.2) is 0 Å². The Kier molecular flexibility index (Phi) is 55.8. The van der Waals surface area contributed by atoms with Crippen molar-refractivity contribution in [3.8, 4) is 0 Å². The van der Waals surface area contributed by atoms with Gasteiger partial charge in [-0.2, -0.15) is 0 Å².